The number of ether oxygens (including phenoxy) is 1. The summed E-state index contributed by atoms with van der Waals surface area (Å²) in [6.45, 7) is 7.06. The summed E-state index contributed by atoms with van der Waals surface area (Å²) in [7, 11) is 0. The molecule has 4 fully saturated rings. The Labute approximate surface area is 154 Å². The van der Waals surface area contributed by atoms with Gasteiger partial charge < -0.3 is 14.5 Å². The molecule has 0 saturated heterocycles. The van der Waals surface area contributed by atoms with E-state index in [1.54, 1.807) is 13.8 Å². The van der Waals surface area contributed by atoms with Crippen LogP contribution in [0.25, 0.3) is 0 Å². The van der Waals surface area contributed by atoms with Crippen LogP contribution in [0.2, 0.25) is 0 Å². The van der Waals surface area contributed by atoms with E-state index in [1.165, 1.54) is 19.3 Å². The van der Waals surface area contributed by atoms with E-state index in [9.17, 15) is 9.59 Å². The van der Waals surface area contributed by atoms with E-state index in [2.05, 4.69) is 5.32 Å². The monoisotopic (exact) mass is 359 g/mol. The van der Waals surface area contributed by atoms with Crippen molar-refractivity contribution in [3.8, 4) is 0 Å². The highest BCUT2D eigenvalue weighted by Crippen LogP contribution is 2.55. The van der Waals surface area contributed by atoms with Gasteiger partial charge in [0.15, 0.2) is 6.10 Å². The largest absolute Gasteiger partial charge is 0.465 e. The highest BCUT2D eigenvalue weighted by Gasteiger charge is 2.51. The number of furan rings is 1. The van der Waals surface area contributed by atoms with Gasteiger partial charge >= 0.3 is 5.97 Å². The molecule has 1 aromatic rings. The molecule has 5 nitrogen and oxygen atoms in total. The fourth-order valence-corrected chi connectivity index (χ4v) is 5.99. The Kier molecular flexibility index (Phi) is 4.16. The average molecular weight is 359 g/mol. The average Bonchev–Trinajstić information content (AvgIpc) is 2.77. The molecule has 4 saturated carbocycles. The van der Waals surface area contributed by atoms with Crippen molar-refractivity contribution in [2.75, 3.05) is 0 Å². The molecule has 0 aromatic carbocycles. The number of carbonyl (C=O) groups is 2. The summed E-state index contributed by atoms with van der Waals surface area (Å²) in [6.07, 6.45) is 6.46. The van der Waals surface area contributed by atoms with Crippen molar-refractivity contribution in [3.05, 3.63) is 22.6 Å². The normalized spacial score (nSPS) is 33.2. The van der Waals surface area contributed by atoms with E-state index in [0.29, 0.717) is 17.1 Å². The minimum atomic E-state index is -0.801. The molecule has 0 radical (unpaired) electrons. The van der Waals surface area contributed by atoms with Gasteiger partial charge in [0.1, 0.15) is 17.1 Å². The Morgan fingerprint density at radius 3 is 2.04 bits per heavy atom. The third-order valence-corrected chi connectivity index (χ3v) is 6.85. The van der Waals surface area contributed by atoms with Crippen molar-refractivity contribution in [1.82, 2.24) is 5.32 Å². The second kappa shape index (κ2) is 6.14. The molecule has 0 unspecified atom stereocenters. The first-order valence-corrected chi connectivity index (χ1v) is 9.86. The van der Waals surface area contributed by atoms with E-state index in [-0.39, 0.29) is 11.4 Å². The van der Waals surface area contributed by atoms with E-state index >= 15 is 0 Å². The van der Waals surface area contributed by atoms with Crippen molar-refractivity contribution in [3.63, 3.8) is 0 Å². The lowest BCUT2D eigenvalue weighted by Crippen LogP contribution is -2.61. The van der Waals surface area contributed by atoms with Crippen LogP contribution in [0.15, 0.2) is 4.42 Å². The molecule has 5 heteroatoms. The molecule has 0 aliphatic heterocycles. The van der Waals surface area contributed by atoms with Crippen molar-refractivity contribution in [1.29, 1.82) is 0 Å². The smallest absolute Gasteiger partial charge is 0.342 e. The number of aryl methyl sites for hydroxylation is 2. The maximum absolute atomic E-state index is 12.8. The van der Waals surface area contributed by atoms with Crippen molar-refractivity contribution < 1.29 is 18.7 Å². The first-order valence-electron chi connectivity index (χ1n) is 9.86. The Morgan fingerprint density at radius 2 is 1.58 bits per heavy atom. The molecule has 0 spiro atoms. The molecule has 4 bridgehead atoms. The second-order valence-electron chi connectivity index (χ2n) is 8.95. The summed E-state index contributed by atoms with van der Waals surface area (Å²) >= 11 is 0. The van der Waals surface area contributed by atoms with Gasteiger partial charge in [-0.05, 0) is 84.0 Å². The van der Waals surface area contributed by atoms with E-state index in [1.807, 2.05) is 13.8 Å². The van der Waals surface area contributed by atoms with Gasteiger partial charge in [-0.15, -0.1) is 0 Å². The summed E-state index contributed by atoms with van der Waals surface area (Å²) in [6, 6.07) is 0. The quantitative estimate of drug-likeness (QED) is 0.830. The van der Waals surface area contributed by atoms with Crippen LogP contribution in [-0.4, -0.2) is 23.5 Å². The van der Waals surface area contributed by atoms with Gasteiger partial charge in [-0.2, -0.15) is 0 Å². The summed E-state index contributed by atoms with van der Waals surface area (Å²) in [5.74, 6) is 2.88. The molecule has 1 amide bonds. The highest BCUT2D eigenvalue weighted by atomic mass is 16.5. The Bertz CT molecular complexity index is 712. The topological polar surface area (TPSA) is 68.5 Å². The molecule has 1 N–H and O–H groups in total. The SMILES string of the molecule is Cc1oc(C)c(C(=O)O[C@@H](C)C(=O)NC23CC4CC(CC(C4)C2)C3)c1C. The number of amides is 1. The zero-order valence-electron chi connectivity index (χ0n) is 16.2. The van der Waals surface area contributed by atoms with Gasteiger partial charge in [0.25, 0.3) is 5.91 Å². The second-order valence-corrected chi connectivity index (χ2v) is 8.95. The molecule has 1 aromatic heterocycles. The van der Waals surface area contributed by atoms with Crippen LogP contribution >= 0.6 is 0 Å². The number of hydrogen-bond donors (Lipinski definition) is 1. The minimum Gasteiger partial charge on any atom is -0.465 e. The van der Waals surface area contributed by atoms with Crippen LogP contribution in [0.3, 0.4) is 0 Å². The first kappa shape index (κ1) is 17.6. The van der Waals surface area contributed by atoms with E-state index in [4.69, 9.17) is 9.15 Å². The maximum Gasteiger partial charge on any atom is 0.342 e. The molecule has 4 aliphatic rings. The van der Waals surface area contributed by atoms with E-state index in [0.717, 1.165) is 42.6 Å². The fourth-order valence-electron chi connectivity index (χ4n) is 5.99. The lowest BCUT2D eigenvalue weighted by Gasteiger charge is -2.57. The zero-order valence-corrected chi connectivity index (χ0v) is 16.2. The lowest BCUT2D eigenvalue weighted by molar-refractivity contribution is -0.134. The molecular formula is C21H29NO4. The molecular weight excluding hydrogens is 330 g/mol. The zero-order chi connectivity index (χ0) is 18.6. The highest BCUT2D eigenvalue weighted by molar-refractivity contribution is 5.94. The molecule has 5 rings (SSSR count). The number of carbonyl (C=O) groups excluding carboxylic acids is 2. The lowest BCUT2D eigenvalue weighted by atomic mass is 9.53. The predicted octanol–water partition coefficient (Wildman–Crippen LogP) is 3.84. The van der Waals surface area contributed by atoms with Crippen LogP contribution in [0, 0.1) is 38.5 Å². The van der Waals surface area contributed by atoms with Gasteiger partial charge in [0, 0.05) is 11.1 Å². The fraction of sp³-hybridized carbons (Fsp3) is 0.714. The van der Waals surface area contributed by atoms with E-state index < -0.39 is 12.1 Å². The van der Waals surface area contributed by atoms with Gasteiger partial charge in [-0.1, -0.05) is 0 Å². The van der Waals surface area contributed by atoms with Gasteiger partial charge in [0.05, 0.1) is 0 Å². The number of rotatable bonds is 4. The van der Waals surface area contributed by atoms with Crippen LogP contribution < -0.4 is 5.32 Å². The maximum atomic E-state index is 12.8. The van der Waals surface area contributed by atoms with Crippen molar-refractivity contribution in [2.45, 2.75) is 77.9 Å². The minimum absolute atomic E-state index is 0.0649. The molecule has 142 valence electrons. The van der Waals surface area contributed by atoms with Crippen LogP contribution in [0.1, 0.15) is 72.9 Å². The van der Waals surface area contributed by atoms with Crippen LogP contribution in [0.5, 0.6) is 0 Å². The van der Waals surface area contributed by atoms with Gasteiger partial charge in [-0.25, -0.2) is 4.79 Å². The van der Waals surface area contributed by atoms with Crippen molar-refractivity contribution >= 4 is 11.9 Å². The van der Waals surface area contributed by atoms with Crippen LogP contribution in [0.4, 0.5) is 0 Å². The predicted molar refractivity (Wildman–Crippen MR) is 96.8 cm³/mol. The van der Waals surface area contributed by atoms with Gasteiger partial charge in [-0.3, -0.25) is 4.79 Å². The number of hydrogen-bond acceptors (Lipinski definition) is 4. The Balaban J connectivity index is 1.41. The third-order valence-electron chi connectivity index (χ3n) is 6.85. The molecule has 4 aliphatic carbocycles. The number of esters is 1. The molecule has 1 heterocycles. The molecule has 1 atom stereocenters. The standard InChI is InChI=1S/C21H29NO4/c1-11-12(2)25-13(3)18(11)20(24)26-14(4)19(23)22-21-8-15-5-16(9-21)7-17(6-15)10-21/h14-17H,5-10H2,1-4H3,(H,22,23)/t14-,15?,16?,17?,21?/m0/s1. The first-order chi connectivity index (χ1) is 12.3. The Hall–Kier alpha value is -1.78. The summed E-state index contributed by atoms with van der Waals surface area (Å²) < 4.78 is 11.0. The Morgan fingerprint density at radius 1 is 1.04 bits per heavy atom. The van der Waals surface area contributed by atoms with Crippen molar-refractivity contribution in [2.24, 2.45) is 17.8 Å². The number of nitrogens with one attached hydrogen (secondary N) is 1. The summed E-state index contributed by atoms with van der Waals surface area (Å²) in [4.78, 5) is 25.3. The third kappa shape index (κ3) is 2.95. The van der Waals surface area contributed by atoms with Gasteiger partial charge in [0.2, 0.25) is 0 Å². The molecule has 26 heavy (non-hydrogen) atoms. The summed E-state index contributed by atoms with van der Waals surface area (Å²) in [5.41, 5.74) is 1.16. The van der Waals surface area contributed by atoms with Crippen LogP contribution in [-0.2, 0) is 9.53 Å². The summed E-state index contributed by atoms with van der Waals surface area (Å²) in [5, 5.41) is 3.28.